The minimum Gasteiger partial charge on any atom is -0.385 e. The smallest absolute Gasteiger partial charge is 0.0367 e. The van der Waals surface area contributed by atoms with Gasteiger partial charge in [0, 0.05) is 31.0 Å². The summed E-state index contributed by atoms with van der Waals surface area (Å²) in [6, 6.07) is 8.91. The van der Waals surface area contributed by atoms with Gasteiger partial charge in [0.2, 0.25) is 0 Å². The van der Waals surface area contributed by atoms with Gasteiger partial charge in [0.05, 0.1) is 0 Å². The van der Waals surface area contributed by atoms with Crippen molar-refractivity contribution >= 4 is 11.4 Å². The van der Waals surface area contributed by atoms with Gasteiger partial charge < -0.3 is 10.2 Å². The van der Waals surface area contributed by atoms with Crippen molar-refractivity contribution in [1.29, 1.82) is 0 Å². The zero-order chi connectivity index (χ0) is 12.8. The molecule has 0 saturated carbocycles. The van der Waals surface area contributed by atoms with E-state index in [0.717, 1.165) is 12.5 Å². The van der Waals surface area contributed by atoms with Crippen LogP contribution in [0, 0.1) is 5.92 Å². The van der Waals surface area contributed by atoms with E-state index < -0.39 is 0 Å². The van der Waals surface area contributed by atoms with E-state index in [1.54, 1.807) is 0 Å². The Morgan fingerprint density at radius 3 is 2.39 bits per heavy atom. The monoisotopic (exact) mass is 246 g/mol. The lowest BCUT2D eigenvalue weighted by Crippen LogP contribution is -2.17. The number of anilines is 2. The highest BCUT2D eigenvalue weighted by molar-refractivity contribution is 5.55. The maximum atomic E-state index is 3.50. The minimum absolute atomic E-state index is 0.810. The third-order valence-corrected chi connectivity index (χ3v) is 3.63. The summed E-state index contributed by atoms with van der Waals surface area (Å²) in [6.45, 7) is 8.10. The van der Waals surface area contributed by atoms with Crippen LogP contribution in [-0.2, 0) is 0 Å². The van der Waals surface area contributed by atoms with Crippen molar-refractivity contribution in [2.45, 2.75) is 39.5 Å². The van der Waals surface area contributed by atoms with Gasteiger partial charge in [-0.15, -0.1) is 0 Å². The molecule has 1 saturated heterocycles. The predicted octanol–water partition coefficient (Wildman–Crippen LogP) is 4.13. The Labute approximate surface area is 111 Å². The zero-order valence-electron chi connectivity index (χ0n) is 11.8. The molecule has 1 aromatic rings. The van der Waals surface area contributed by atoms with Crippen molar-refractivity contribution in [3.8, 4) is 0 Å². The Morgan fingerprint density at radius 1 is 1.11 bits per heavy atom. The summed E-state index contributed by atoms with van der Waals surface area (Å²) in [5, 5.41) is 3.50. The van der Waals surface area contributed by atoms with Crippen LogP contribution in [0.25, 0.3) is 0 Å². The summed E-state index contributed by atoms with van der Waals surface area (Å²) in [4.78, 5) is 2.47. The first-order valence-electron chi connectivity index (χ1n) is 7.34. The molecular weight excluding hydrogens is 220 g/mol. The van der Waals surface area contributed by atoms with Crippen molar-refractivity contribution < 1.29 is 0 Å². The average Bonchev–Trinajstić information content (AvgIpc) is 2.89. The first-order chi connectivity index (χ1) is 8.75. The number of nitrogens with zero attached hydrogens (tertiary/aromatic N) is 1. The largest absolute Gasteiger partial charge is 0.385 e. The van der Waals surface area contributed by atoms with Gasteiger partial charge in [-0.05, 0) is 55.9 Å². The highest BCUT2D eigenvalue weighted by atomic mass is 15.1. The van der Waals surface area contributed by atoms with Gasteiger partial charge >= 0.3 is 0 Å². The molecule has 1 fully saturated rings. The fourth-order valence-corrected chi connectivity index (χ4v) is 2.51. The van der Waals surface area contributed by atoms with Crippen LogP contribution in [0.4, 0.5) is 11.4 Å². The fraction of sp³-hybridized carbons (Fsp3) is 0.625. The second-order valence-electron chi connectivity index (χ2n) is 5.70. The van der Waals surface area contributed by atoms with Crippen LogP contribution in [0.1, 0.15) is 39.5 Å². The van der Waals surface area contributed by atoms with Crippen LogP contribution in [-0.4, -0.2) is 19.6 Å². The summed E-state index contributed by atoms with van der Waals surface area (Å²) >= 11 is 0. The number of nitrogens with one attached hydrogen (secondary N) is 1. The van der Waals surface area contributed by atoms with Crippen LogP contribution in [0.2, 0.25) is 0 Å². The third-order valence-electron chi connectivity index (χ3n) is 3.63. The molecule has 1 aliphatic heterocycles. The molecule has 1 aliphatic rings. The second-order valence-corrected chi connectivity index (χ2v) is 5.70. The maximum absolute atomic E-state index is 3.50. The van der Waals surface area contributed by atoms with E-state index >= 15 is 0 Å². The van der Waals surface area contributed by atoms with E-state index in [9.17, 15) is 0 Å². The Balaban J connectivity index is 1.76. The Kier molecular flexibility index (Phi) is 4.91. The van der Waals surface area contributed by atoms with Gasteiger partial charge in [-0.25, -0.2) is 0 Å². The molecule has 2 rings (SSSR count). The van der Waals surface area contributed by atoms with Crippen LogP contribution < -0.4 is 10.2 Å². The highest BCUT2D eigenvalue weighted by Crippen LogP contribution is 2.22. The van der Waals surface area contributed by atoms with Crippen molar-refractivity contribution in [3.05, 3.63) is 24.3 Å². The summed E-state index contributed by atoms with van der Waals surface area (Å²) in [5.41, 5.74) is 2.63. The molecule has 2 heteroatoms. The van der Waals surface area contributed by atoms with E-state index in [1.165, 1.54) is 50.1 Å². The lowest BCUT2D eigenvalue weighted by atomic mass is 10.1. The number of benzene rings is 1. The molecule has 0 amide bonds. The molecule has 0 unspecified atom stereocenters. The summed E-state index contributed by atoms with van der Waals surface area (Å²) < 4.78 is 0. The quantitative estimate of drug-likeness (QED) is 0.759. The molecule has 2 nitrogen and oxygen atoms in total. The van der Waals surface area contributed by atoms with E-state index in [1.807, 2.05) is 0 Å². The predicted molar refractivity (Wildman–Crippen MR) is 80.5 cm³/mol. The highest BCUT2D eigenvalue weighted by Gasteiger charge is 2.11. The molecule has 0 aliphatic carbocycles. The van der Waals surface area contributed by atoms with Crippen LogP contribution in [0.5, 0.6) is 0 Å². The molecule has 1 N–H and O–H groups in total. The maximum Gasteiger partial charge on any atom is 0.0367 e. The standard InChI is InChI=1S/C16H26N2/c1-14(2)6-5-11-17-15-7-9-16(10-8-15)18-12-3-4-13-18/h7-10,14,17H,3-6,11-13H2,1-2H3. The van der Waals surface area contributed by atoms with Gasteiger partial charge in [0.25, 0.3) is 0 Å². The summed E-state index contributed by atoms with van der Waals surface area (Å²) in [7, 11) is 0. The topological polar surface area (TPSA) is 15.3 Å². The summed E-state index contributed by atoms with van der Waals surface area (Å²) in [5.74, 6) is 0.810. The minimum atomic E-state index is 0.810. The molecule has 100 valence electrons. The molecule has 0 atom stereocenters. The van der Waals surface area contributed by atoms with Gasteiger partial charge in [0.1, 0.15) is 0 Å². The van der Waals surface area contributed by atoms with E-state index in [4.69, 9.17) is 0 Å². The van der Waals surface area contributed by atoms with Crippen LogP contribution >= 0.6 is 0 Å². The van der Waals surface area contributed by atoms with Gasteiger partial charge in [-0.3, -0.25) is 0 Å². The van der Waals surface area contributed by atoms with E-state index in [0.29, 0.717) is 0 Å². The molecule has 18 heavy (non-hydrogen) atoms. The molecule has 0 aromatic heterocycles. The molecule has 0 radical (unpaired) electrons. The Morgan fingerprint density at radius 2 is 1.78 bits per heavy atom. The van der Waals surface area contributed by atoms with Crippen molar-refractivity contribution in [3.63, 3.8) is 0 Å². The number of rotatable bonds is 6. The van der Waals surface area contributed by atoms with E-state index in [-0.39, 0.29) is 0 Å². The molecule has 1 heterocycles. The lowest BCUT2D eigenvalue weighted by Gasteiger charge is -2.18. The third kappa shape index (κ3) is 3.94. The fourth-order valence-electron chi connectivity index (χ4n) is 2.51. The van der Waals surface area contributed by atoms with Gasteiger partial charge in [-0.2, -0.15) is 0 Å². The average molecular weight is 246 g/mol. The lowest BCUT2D eigenvalue weighted by molar-refractivity contribution is 0.567. The van der Waals surface area contributed by atoms with E-state index in [2.05, 4.69) is 48.3 Å². The molecular formula is C16H26N2. The van der Waals surface area contributed by atoms with Gasteiger partial charge in [0.15, 0.2) is 0 Å². The van der Waals surface area contributed by atoms with Crippen molar-refractivity contribution in [1.82, 2.24) is 0 Å². The zero-order valence-corrected chi connectivity index (χ0v) is 11.8. The number of hydrogen-bond donors (Lipinski definition) is 1. The Hall–Kier alpha value is -1.18. The van der Waals surface area contributed by atoms with Gasteiger partial charge in [-0.1, -0.05) is 13.8 Å². The molecule has 0 spiro atoms. The first-order valence-corrected chi connectivity index (χ1v) is 7.34. The number of hydrogen-bond acceptors (Lipinski definition) is 2. The molecule has 1 aromatic carbocycles. The normalized spacial score (nSPS) is 15.4. The first kappa shape index (κ1) is 13.3. The Bertz CT molecular complexity index is 337. The van der Waals surface area contributed by atoms with Crippen molar-refractivity contribution in [2.24, 2.45) is 5.92 Å². The second kappa shape index (κ2) is 6.67. The summed E-state index contributed by atoms with van der Waals surface area (Å²) in [6.07, 6.45) is 5.24. The SMILES string of the molecule is CC(C)CCCNc1ccc(N2CCCC2)cc1. The van der Waals surface area contributed by atoms with Crippen LogP contribution in [0.3, 0.4) is 0 Å². The molecule has 0 bridgehead atoms. The van der Waals surface area contributed by atoms with Crippen LogP contribution in [0.15, 0.2) is 24.3 Å². The van der Waals surface area contributed by atoms with Crippen molar-refractivity contribution in [2.75, 3.05) is 29.9 Å².